The topological polar surface area (TPSA) is 111 Å². The Balaban J connectivity index is -0.0000000552. The van der Waals surface area contributed by atoms with Gasteiger partial charge in [-0.15, -0.1) is 24.4 Å². The molecule has 0 aromatic rings. The molecule has 0 aliphatic heterocycles. The van der Waals surface area contributed by atoms with Crippen molar-refractivity contribution >= 4 is 0 Å². The molecule has 0 aromatic carbocycles. The molecule has 0 fully saturated rings. The summed E-state index contributed by atoms with van der Waals surface area (Å²) in [6, 6.07) is 0. The Morgan fingerprint density at radius 3 is 0.556 bits per heavy atom. The van der Waals surface area contributed by atoms with Gasteiger partial charge in [0.1, 0.15) is 0 Å². The van der Waals surface area contributed by atoms with Crippen molar-refractivity contribution in [1.82, 2.24) is 0 Å². The van der Waals surface area contributed by atoms with Crippen molar-refractivity contribution in [1.29, 1.82) is 0 Å². The summed E-state index contributed by atoms with van der Waals surface area (Å²) in [6.45, 7) is 24.6. The first kappa shape index (κ1) is 41.8. The molecule has 0 saturated heterocycles. The third-order valence-electron chi connectivity index (χ3n) is 0.542. The van der Waals surface area contributed by atoms with Crippen LogP contribution in [0.15, 0.2) is 0 Å². The van der Waals surface area contributed by atoms with Gasteiger partial charge in [0.05, 0.1) is 11.2 Å². The molecule has 27 heavy (non-hydrogen) atoms. The van der Waals surface area contributed by atoms with Crippen molar-refractivity contribution in [3.05, 3.63) is 0 Å². The first-order chi connectivity index (χ1) is 11.1. The van der Waals surface area contributed by atoms with Crippen LogP contribution < -0.4 is 20.4 Å². The van der Waals surface area contributed by atoms with Gasteiger partial charge in [-0.2, -0.15) is 0 Å². The molecule has 0 aromatic heterocycles. The summed E-state index contributed by atoms with van der Waals surface area (Å²) in [6.07, 6.45) is -1.67. The predicted molar refractivity (Wildman–Crippen MR) is 102 cm³/mol. The van der Waals surface area contributed by atoms with Gasteiger partial charge in [-0.05, 0) is 41.5 Å². The van der Waals surface area contributed by atoms with Gasteiger partial charge in [-0.1, -0.05) is 55.4 Å². The van der Waals surface area contributed by atoms with Gasteiger partial charge >= 0.3 is 21.7 Å². The summed E-state index contributed by atoms with van der Waals surface area (Å²) >= 11 is 0. The molecule has 0 unspecified atom stereocenters. The van der Waals surface area contributed by atoms with E-state index in [0.29, 0.717) is 0 Å². The number of rotatable bonds is 1. The van der Waals surface area contributed by atoms with Crippen LogP contribution in [-0.2, 0) is 31.5 Å². The Morgan fingerprint density at radius 1 is 0.444 bits per heavy atom. The summed E-state index contributed by atoms with van der Waals surface area (Å²) in [4.78, 5) is 10.2. The molecule has 0 aliphatic carbocycles. The first-order valence-corrected chi connectivity index (χ1v) is 9.14. The molecule has 0 saturated carbocycles. The molecule has 0 atom stereocenters. The van der Waals surface area contributed by atoms with Crippen molar-refractivity contribution in [3.63, 3.8) is 0 Å². The van der Waals surface area contributed by atoms with Crippen LogP contribution in [0.2, 0.25) is 0 Å². The van der Waals surface area contributed by atoms with Gasteiger partial charge in [0, 0.05) is 0 Å². The molecule has 0 aliphatic rings. The molecule has 6 nitrogen and oxygen atoms in total. The molecule has 0 amide bonds. The Bertz CT molecular complexity index is 195. The SMILES string of the molecule is CC(C)(C)OOC(C)(C)C.CC(C)[O-].CC(C)[O-].CC(C)[O-].CC(C)[O-].[Ti+4]. The molecule has 166 valence electrons. The summed E-state index contributed by atoms with van der Waals surface area (Å²) in [7, 11) is 0. The zero-order valence-electron chi connectivity index (χ0n) is 20.3. The molecule has 0 N–H and O–H groups in total. The van der Waals surface area contributed by atoms with Crippen LogP contribution in [0.5, 0.6) is 0 Å². The summed E-state index contributed by atoms with van der Waals surface area (Å²) in [5.74, 6) is 0. The second-order valence-corrected chi connectivity index (χ2v) is 8.59. The van der Waals surface area contributed by atoms with E-state index < -0.39 is 24.4 Å². The van der Waals surface area contributed by atoms with Crippen LogP contribution in [0.25, 0.3) is 0 Å². The van der Waals surface area contributed by atoms with Gasteiger partial charge < -0.3 is 20.4 Å². The van der Waals surface area contributed by atoms with Crippen molar-refractivity contribution in [2.75, 3.05) is 0 Å². The van der Waals surface area contributed by atoms with Gasteiger partial charge in [0.2, 0.25) is 0 Å². The van der Waals surface area contributed by atoms with E-state index >= 15 is 0 Å². The molecule has 0 spiro atoms. The van der Waals surface area contributed by atoms with Gasteiger partial charge in [0.25, 0.3) is 0 Å². The maximum absolute atomic E-state index is 9.53. The zero-order chi connectivity index (χ0) is 22.7. The largest absolute Gasteiger partial charge is 4.00 e. The van der Waals surface area contributed by atoms with E-state index in [1.54, 1.807) is 55.4 Å². The summed E-state index contributed by atoms with van der Waals surface area (Å²) < 4.78 is 0. The fourth-order valence-corrected chi connectivity index (χ4v) is 0.250. The molecular weight excluding hydrogens is 384 g/mol. The minimum Gasteiger partial charge on any atom is -0.852 e. The van der Waals surface area contributed by atoms with E-state index in [9.17, 15) is 20.4 Å². The van der Waals surface area contributed by atoms with E-state index in [1.165, 1.54) is 0 Å². The molecule has 0 radical (unpaired) electrons. The second kappa shape index (κ2) is 24.5. The van der Waals surface area contributed by atoms with Crippen molar-refractivity contribution in [3.8, 4) is 0 Å². The van der Waals surface area contributed by atoms with Gasteiger partial charge in [-0.3, -0.25) is 0 Å². The number of hydrogen-bond acceptors (Lipinski definition) is 6. The van der Waals surface area contributed by atoms with E-state index in [0.717, 1.165) is 0 Å². The maximum atomic E-state index is 9.53. The predicted octanol–water partition coefficient (Wildman–Crippen LogP) is 1.55. The Labute approximate surface area is 184 Å². The normalized spacial score (nSPS) is 10.4. The average molecular weight is 430 g/mol. The fourth-order valence-electron chi connectivity index (χ4n) is 0.250. The van der Waals surface area contributed by atoms with Crippen LogP contribution in [0.4, 0.5) is 0 Å². The van der Waals surface area contributed by atoms with Crippen LogP contribution in [0.1, 0.15) is 96.9 Å². The van der Waals surface area contributed by atoms with E-state index in [1.807, 2.05) is 41.5 Å². The van der Waals surface area contributed by atoms with Crippen LogP contribution in [0, 0.1) is 0 Å². The fraction of sp³-hybridized carbons (Fsp3) is 1.00. The minimum absolute atomic E-state index is 0. The second-order valence-electron chi connectivity index (χ2n) is 8.59. The third-order valence-corrected chi connectivity index (χ3v) is 0.542. The number of hydrogen-bond donors (Lipinski definition) is 0. The summed E-state index contributed by atoms with van der Waals surface area (Å²) in [5, 5.41) is 38.1. The quantitative estimate of drug-likeness (QED) is 0.355. The Morgan fingerprint density at radius 2 is 0.519 bits per heavy atom. The molecule has 0 bridgehead atoms. The smallest absolute Gasteiger partial charge is 0.852 e. The van der Waals surface area contributed by atoms with Crippen LogP contribution >= 0.6 is 0 Å². The zero-order valence-corrected chi connectivity index (χ0v) is 21.8. The van der Waals surface area contributed by atoms with Gasteiger partial charge in [-0.25, -0.2) is 9.78 Å². The molecule has 0 heterocycles. The Hall–Kier alpha value is 0.474. The standard InChI is InChI=1S/C8H18O2.4C3H7O.Ti/c1-7(2,3)9-10-8(4,5)6;4*1-3(2)4;/h1-6H3;4*3H,1-2H3;/q;4*-1;+4. The van der Waals surface area contributed by atoms with Crippen LogP contribution in [0.3, 0.4) is 0 Å². The molecular formula is C20H46O6Ti. The maximum Gasteiger partial charge on any atom is 4.00 e. The third kappa shape index (κ3) is 284. The van der Waals surface area contributed by atoms with E-state index in [4.69, 9.17) is 9.78 Å². The van der Waals surface area contributed by atoms with Crippen molar-refractivity contribution in [2.24, 2.45) is 0 Å². The van der Waals surface area contributed by atoms with Gasteiger partial charge in [0.15, 0.2) is 0 Å². The summed E-state index contributed by atoms with van der Waals surface area (Å²) in [5.41, 5.74) is -0.430. The molecule has 7 heteroatoms. The Kier molecular flexibility index (Phi) is 37.9. The first-order valence-electron chi connectivity index (χ1n) is 9.14. The average Bonchev–Trinajstić information content (AvgIpc) is 2.21. The van der Waals surface area contributed by atoms with Crippen molar-refractivity contribution < 1.29 is 51.9 Å². The molecule has 0 rings (SSSR count). The van der Waals surface area contributed by atoms with E-state index in [2.05, 4.69) is 0 Å². The van der Waals surface area contributed by atoms with E-state index in [-0.39, 0.29) is 32.9 Å². The van der Waals surface area contributed by atoms with Crippen LogP contribution in [-0.4, -0.2) is 35.6 Å². The van der Waals surface area contributed by atoms with Crippen molar-refractivity contribution in [2.45, 2.75) is 133 Å². The monoisotopic (exact) mass is 430 g/mol. The minimum atomic E-state index is -0.417.